The van der Waals surface area contributed by atoms with Crippen molar-refractivity contribution in [2.45, 2.75) is 5.75 Å². The van der Waals surface area contributed by atoms with Gasteiger partial charge in [-0.3, -0.25) is 4.79 Å². The average Bonchev–Trinajstić information content (AvgIpc) is 2.96. The lowest BCUT2D eigenvalue weighted by Crippen LogP contribution is -2.13. The van der Waals surface area contributed by atoms with Crippen molar-refractivity contribution < 1.29 is 4.79 Å². The standard InChI is InChI=1S/C15H13N3OS2/c19-15(16-12-4-2-1-3-5-12)10-20-9-11-6-7-13-14(8-11)18-21-17-13/h1-8H,9-10H2,(H,16,19). The zero-order valence-corrected chi connectivity index (χ0v) is 12.8. The second kappa shape index (κ2) is 6.69. The highest BCUT2D eigenvalue weighted by Gasteiger charge is 2.04. The zero-order chi connectivity index (χ0) is 14.5. The van der Waals surface area contributed by atoms with Crippen LogP contribution in [0.25, 0.3) is 11.0 Å². The van der Waals surface area contributed by atoms with E-state index in [0.717, 1.165) is 28.0 Å². The summed E-state index contributed by atoms with van der Waals surface area (Å²) in [7, 11) is 0. The van der Waals surface area contributed by atoms with Gasteiger partial charge in [0.25, 0.3) is 0 Å². The van der Waals surface area contributed by atoms with Crippen LogP contribution in [0.1, 0.15) is 5.56 Å². The summed E-state index contributed by atoms with van der Waals surface area (Å²) >= 11 is 2.81. The Labute approximate surface area is 130 Å². The van der Waals surface area contributed by atoms with Gasteiger partial charge in [-0.1, -0.05) is 24.3 Å². The summed E-state index contributed by atoms with van der Waals surface area (Å²) < 4.78 is 8.40. The number of rotatable bonds is 5. The molecule has 3 aromatic rings. The molecule has 0 spiro atoms. The third kappa shape index (κ3) is 3.80. The maximum Gasteiger partial charge on any atom is 0.234 e. The molecule has 1 N–H and O–H groups in total. The van der Waals surface area contributed by atoms with Gasteiger partial charge in [0.2, 0.25) is 5.91 Å². The van der Waals surface area contributed by atoms with E-state index in [9.17, 15) is 4.79 Å². The van der Waals surface area contributed by atoms with Gasteiger partial charge in [-0.25, -0.2) is 0 Å². The largest absolute Gasteiger partial charge is 0.325 e. The first-order valence-electron chi connectivity index (χ1n) is 6.45. The van der Waals surface area contributed by atoms with Crippen LogP contribution >= 0.6 is 23.5 Å². The number of hydrogen-bond acceptors (Lipinski definition) is 5. The fourth-order valence-corrected chi connectivity index (χ4v) is 3.19. The number of nitrogens with one attached hydrogen (secondary N) is 1. The van der Waals surface area contributed by atoms with E-state index < -0.39 is 0 Å². The molecule has 6 heteroatoms. The molecule has 3 rings (SSSR count). The van der Waals surface area contributed by atoms with Crippen LogP contribution < -0.4 is 5.32 Å². The number of hydrogen-bond donors (Lipinski definition) is 1. The zero-order valence-electron chi connectivity index (χ0n) is 11.2. The van der Waals surface area contributed by atoms with E-state index in [2.05, 4.69) is 14.1 Å². The molecule has 0 unspecified atom stereocenters. The average molecular weight is 315 g/mol. The lowest BCUT2D eigenvalue weighted by atomic mass is 10.2. The smallest absolute Gasteiger partial charge is 0.234 e. The summed E-state index contributed by atoms with van der Waals surface area (Å²) in [5.74, 6) is 1.24. The summed E-state index contributed by atoms with van der Waals surface area (Å²) in [6.07, 6.45) is 0. The Morgan fingerprint density at radius 1 is 1.10 bits per heavy atom. The lowest BCUT2D eigenvalue weighted by Gasteiger charge is -2.05. The molecular weight excluding hydrogens is 302 g/mol. The summed E-state index contributed by atoms with van der Waals surface area (Å²) in [6.45, 7) is 0. The number of para-hydroxylation sites is 1. The molecule has 0 saturated carbocycles. The van der Waals surface area contributed by atoms with Crippen molar-refractivity contribution in [3.8, 4) is 0 Å². The van der Waals surface area contributed by atoms with Gasteiger partial charge >= 0.3 is 0 Å². The maximum absolute atomic E-state index is 11.8. The monoisotopic (exact) mass is 315 g/mol. The summed E-state index contributed by atoms with van der Waals surface area (Å²) in [5.41, 5.74) is 3.84. The number of thioether (sulfide) groups is 1. The molecule has 0 aliphatic heterocycles. The highest BCUT2D eigenvalue weighted by molar-refractivity contribution is 7.99. The molecule has 4 nitrogen and oxygen atoms in total. The topological polar surface area (TPSA) is 54.9 Å². The Bertz CT molecular complexity index is 743. The first-order valence-corrected chi connectivity index (χ1v) is 8.33. The second-order valence-corrected chi connectivity index (χ2v) is 6.01. The van der Waals surface area contributed by atoms with Crippen molar-refractivity contribution in [3.05, 3.63) is 54.1 Å². The normalized spacial score (nSPS) is 10.7. The van der Waals surface area contributed by atoms with Gasteiger partial charge in [-0.05, 0) is 29.8 Å². The predicted molar refractivity (Wildman–Crippen MR) is 88.6 cm³/mol. The molecule has 1 heterocycles. The van der Waals surface area contributed by atoms with Crippen molar-refractivity contribution in [2.24, 2.45) is 0 Å². The summed E-state index contributed by atoms with van der Waals surface area (Å²) in [6, 6.07) is 15.5. The van der Waals surface area contributed by atoms with Crippen molar-refractivity contribution in [1.82, 2.24) is 8.75 Å². The molecule has 1 aromatic heterocycles. The molecule has 1 amide bonds. The SMILES string of the molecule is O=C(CSCc1ccc2nsnc2c1)Nc1ccccc1. The van der Waals surface area contributed by atoms with Gasteiger partial charge in [0.15, 0.2) is 0 Å². The molecule has 0 atom stereocenters. The number of carbonyl (C=O) groups excluding carboxylic acids is 1. The summed E-state index contributed by atoms with van der Waals surface area (Å²) in [4.78, 5) is 11.8. The maximum atomic E-state index is 11.8. The van der Waals surface area contributed by atoms with E-state index in [1.165, 1.54) is 11.7 Å². The van der Waals surface area contributed by atoms with E-state index in [4.69, 9.17) is 0 Å². The fourth-order valence-electron chi connectivity index (χ4n) is 1.90. The van der Waals surface area contributed by atoms with E-state index in [1.54, 1.807) is 11.8 Å². The first-order chi connectivity index (χ1) is 10.3. The van der Waals surface area contributed by atoms with Gasteiger partial charge in [-0.15, -0.1) is 11.8 Å². The van der Waals surface area contributed by atoms with Crippen LogP contribution in [0.5, 0.6) is 0 Å². The highest BCUT2D eigenvalue weighted by atomic mass is 32.2. The Kier molecular flexibility index (Phi) is 4.47. The molecule has 106 valence electrons. The number of nitrogens with zero attached hydrogens (tertiary/aromatic N) is 2. The number of benzene rings is 2. The number of fused-ring (bicyclic) bond motifs is 1. The Hall–Kier alpha value is -1.92. The highest BCUT2D eigenvalue weighted by Crippen LogP contribution is 2.18. The lowest BCUT2D eigenvalue weighted by molar-refractivity contribution is -0.113. The molecule has 0 fully saturated rings. The molecule has 0 radical (unpaired) electrons. The molecule has 0 aliphatic rings. The Morgan fingerprint density at radius 3 is 2.76 bits per heavy atom. The van der Waals surface area contributed by atoms with Gasteiger partial charge < -0.3 is 5.32 Å². The van der Waals surface area contributed by atoms with Gasteiger partial charge in [0.05, 0.1) is 17.5 Å². The van der Waals surface area contributed by atoms with E-state index in [-0.39, 0.29) is 5.91 Å². The number of aromatic nitrogens is 2. The minimum atomic E-state index is 0.0163. The quantitative estimate of drug-likeness (QED) is 0.782. The minimum Gasteiger partial charge on any atom is -0.325 e. The molecule has 2 aromatic carbocycles. The molecular formula is C15H13N3OS2. The number of carbonyl (C=O) groups is 1. The fraction of sp³-hybridized carbons (Fsp3) is 0.133. The van der Waals surface area contributed by atoms with Crippen LogP contribution in [0.3, 0.4) is 0 Å². The van der Waals surface area contributed by atoms with Crippen LogP contribution in [0, 0.1) is 0 Å². The third-order valence-electron chi connectivity index (χ3n) is 2.88. The van der Waals surface area contributed by atoms with Crippen molar-refractivity contribution in [3.63, 3.8) is 0 Å². The van der Waals surface area contributed by atoms with Crippen LogP contribution in [0.4, 0.5) is 5.69 Å². The van der Waals surface area contributed by atoms with Gasteiger partial charge in [0.1, 0.15) is 11.0 Å². The summed E-state index contributed by atoms with van der Waals surface area (Å²) in [5, 5.41) is 2.87. The number of amides is 1. The predicted octanol–water partition coefficient (Wildman–Crippen LogP) is 3.56. The minimum absolute atomic E-state index is 0.0163. The van der Waals surface area contributed by atoms with Crippen molar-refractivity contribution in [1.29, 1.82) is 0 Å². The van der Waals surface area contributed by atoms with Crippen LogP contribution in [0.15, 0.2) is 48.5 Å². The number of anilines is 1. The van der Waals surface area contributed by atoms with Crippen LogP contribution in [-0.2, 0) is 10.5 Å². The van der Waals surface area contributed by atoms with E-state index in [1.807, 2.05) is 48.5 Å². The first kappa shape index (κ1) is 14.0. The molecule has 0 bridgehead atoms. The Morgan fingerprint density at radius 2 is 1.90 bits per heavy atom. The molecule has 21 heavy (non-hydrogen) atoms. The van der Waals surface area contributed by atoms with Crippen molar-refractivity contribution in [2.75, 3.05) is 11.1 Å². The van der Waals surface area contributed by atoms with Crippen molar-refractivity contribution >= 4 is 46.1 Å². The van der Waals surface area contributed by atoms with Gasteiger partial charge in [0, 0.05) is 11.4 Å². The van der Waals surface area contributed by atoms with E-state index in [0.29, 0.717) is 5.75 Å². The Balaban J connectivity index is 1.50. The van der Waals surface area contributed by atoms with Crippen LogP contribution in [-0.4, -0.2) is 20.4 Å². The van der Waals surface area contributed by atoms with Gasteiger partial charge in [-0.2, -0.15) is 8.75 Å². The van der Waals surface area contributed by atoms with Crippen LogP contribution in [0.2, 0.25) is 0 Å². The second-order valence-electron chi connectivity index (χ2n) is 4.49. The molecule has 0 aliphatic carbocycles. The molecule has 0 saturated heterocycles. The van der Waals surface area contributed by atoms with E-state index >= 15 is 0 Å². The third-order valence-corrected chi connectivity index (χ3v) is 4.44.